The minimum atomic E-state index is 0.740. The third kappa shape index (κ3) is 2.95. The maximum atomic E-state index is 3.43. The van der Waals surface area contributed by atoms with Crippen LogP contribution in [-0.4, -0.2) is 6.54 Å². The molecule has 2 heteroatoms. The van der Waals surface area contributed by atoms with Crippen molar-refractivity contribution in [3.05, 3.63) is 21.9 Å². The molecule has 0 radical (unpaired) electrons. The van der Waals surface area contributed by atoms with Gasteiger partial charge in [-0.1, -0.05) is 13.8 Å². The Morgan fingerprint density at radius 1 is 1.42 bits per heavy atom. The molecule has 0 bridgehead atoms. The van der Waals surface area contributed by atoms with Gasteiger partial charge in [-0.05, 0) is 41.3 Å². The van der Waals surface area contributed by atoms with Crippen molar-refractivity contribution < 1.29 is 0 Å². The molecule has 0 aliphatic heterocycles. The Bertz CT molecular complexity index is 227. The molecule has 68 valence electrons. The molecule has 0 amide bonds. The predicted octanol–water partition coefficient (Wildman–Crippen LogP) is 2.80. The molecular weight excluding hydrogens is 166 g/mol. The lowest BCUT2D eigenvalue weighted by Crippen LogP contribution is -2.18. The summed E-state index contributed by atoms with van der Waals surface area (Å²) < 4.78 is 0. The molecule has 1 nitrogen and oxygen atoms in total. The number of thiophene rings is 1. The highest BCUT2D eigenvalue weighted by Gasteiger charge is 1.98. The SMILES string of the molecule is Cc1cscc1CNCC(C)C. The van der Waals surface area contributed by atoms with Crippen LogP contribution in [0.5, 0.6) is 0 Å². The quantitative estimate of drug-likeness (QED) is 0.757. The first-order valence-electron chi connectivity index (χ1n) is 4.42. The van der Waals surface area contributed by atoms with Gasteiger partial charge in [-0.2, -0.15) is 11.3 Å². The first-order valence-corrected chi connectivity index (χ1v) is 5.37. The molecular formula is C10H17NS. The van der Waals surface area contributed by atoms with Crippen molar-refractivity contribution in [2.24, 2.45) is 5.92 Å². The average molecular weight is 183 g/mol. The molecule has 0 saturated heterocycles. The van der Waals surface area contributed by atoms with Gasteiger partial charge in [0.05, 0.1) is 0 Å². The highest BCUT2D eigenvalue weighted by atomic mass is 32.1. The van der Waals surface area contributed by atoms with Crippen LogP contribution in [0.4, 0.5) is 0 Å². The van der Waals surface area contributed by atoms with Gasteiger partial charge < -0.3 is 5.32 Å². The van der Waals surface area contributed by atoms with E-state index in [4.69, 9.17) is 0 Å². The second-order valence-electron chi connectivity index (χ2n) is 3.60. The number of hydrogen-bond acceptors (Lipinski definition) is 2. The number of hydrogen-bond donors (Lipinski definition) is 1. The highest BCUT2D eigenvalue weighted by molar-refractivity contribution is 7.08. The van der Waals surface area contributed by atoms with Gasteiger partial charge in [-0.15, -0.1) is 0 Å². The van der Waals surface area contributed by atoms with E-state index in [1.54, 1.807) is 11.3 Å². The molecule has 0 atom stereocenters. The van der Waals surface area contributed by atoms with Crippen LogP contribution >= 0.6 is 11.3 Å². The van der Waals surface area contributed by atoms with Gasteiger partial charge in [0.2, 0.25) is 0 Å². The lowest BCUT2D eigenvalue weighted by Gasteiger charge is -2.06. The van der Waals surface area contributed by atoms with Gasteiger partial charge in [0.15, 0.2) is 0 Å². The lowest BCUT2D eigenvalue weighted by atomic mass is 10.2. The Balaban J connectivity index is 2.29. The van der Waals surface area contributed by atoms with Gasteiger partial charge in [0, 0.05) is 6.54 Å². The van der Waals surface area contributed by atoms with Crippen LogP contribution in [0.25, 0.3) is 0 Å². The summed E-state index contributed by atoms with van der Waals surface area (Å²) in [6.45, 7) is 8.76. The van der Waals surface area contributed by atoms with Gasteiger partial charge in [-0.25, -0.2) is 0 Å². The summed E-state index contributed by atoms with van der Waals surface area (Å²) in [5.41, 5.74) is 2.86. The Kier molecular flexibility index (Phi) is 3.76. The Morgan fingerprint density at radius 2 is 2.17 bits per heavy atom. The molecule has 1 aromatic rings. The van der Waals surface area contributed by atoms with Crippen molar-refractivity contribution in [2.75, 3.05) is 6.54 Å². The molecule has 1 N–H and O–H groups in total. The minimum absolute atomic E-state index is 0.740. The first kappa shape index (κ1) is 9.75. The maximum absolute atomic E-state index is 3.43. The van der Waals surface area contributed by atoms with Gasteiger partial charge >= 0.3 is 0 Å². The summed E-state index contributed by atoms with van der Waals surface area (Å²) in [6, 6.07) is 0. The van der Waals surface area contributed by atoms with Crippen molar-refractivity contribution >= 4 is 11.3 Å². The summed E-state index contributed by atoms with van der Waals surface area (Å²) in [7, 11) is 0. The van der Waals surface area contributed by atoms with Crippen LogP contribution < -0.4 is 5.32 Å². The van der Waals surface area contributed by atoms with Crippen molar-refractivity contribution in [1.82, 2.24) is 5.32 Å². The van der Waals surface area contributed by atoms with Crippen molar-refractivity contribution in [2.45, 2.75) is 27.3 Å². The Labute approximate surface area is 78.8 Å². The number of nitrogens with one attached hydrogen (secondary N) is 1. The fraction of sp³-hybridized carbons (Fsp3) is 0.600. The molecule has 0 aromatic carbocycles. The molecule has 0 aliphatic rings. The fourth-order valence-corrected chi connectivity index (χ4v) is 1.92. The second kappa shape index (κ2) is 4.63. The fourth-order valence-electron chi connectivity index (χ4n) is 1.06. The van der Waals surface area contributed by atoms with Crippen LogP contribution in [-0.2, 0) is 6.54 Å². The largest absolute Gasteiger partial charge is 0.312 e. The minimum Gasteiger partial charge on any atom is -0.312 e. The predicted molar refractivity (Wildman–Crippen MR) is 55.6 cm³/mol. The van der Waals surface area contributed by atoms with E-state index in [1.807, 2.05) is 0 Å². The van der Waals surface area contributed by atoms with E-state index in [0.29, 0.717) is 0 Å². The molecule has 1 heterocycles. The van der Waals surface area contributed by atoms with Gasteiger partial charge in [-0.3, -0.25) is 0 Å². The summed E-state index contributed by atoms with van der Waals surface area (Å²) >= 11 is 1.79. The van der Waals surface area contributed by atoms with E-state index in [9.17, 15) is 0 Å². The van der Waals surface area contributed by atoms with Crippen molar-refractivity contribution in [3.63, 3.8) is 0 Å². The summed E-state index contributed by atoms with van der Waals surface area (Å²) in [5, 5.41) is 7.86. The van der Waals surface area contributed by atoms with Crippen LogP contribution in [0.1, 0.15) is 25.0 Å². The molecule has 1 aromatic heterocycles. The van der Waals surface area contributed by atoms with E-state index in [-0.39, 0.29) is 0 Å². The Morgan fingerprint density at radius 3 is 2.67 bits per heavy atom. The monoisotopic (exact) mass is 183 g/mol. The highest BCUT2D eigenvalue weighted by Crippen LogP contribution is 2.12. The molecule has 1 rings (SSSR count). The zero-order valence-corrected chi connectivity index (χ0v) is 8.87. The van der Waals surface area contributed by atoms with Crippen LogP contribution in [0.3, 0.4) is 0 Å². The third-order valence-corrected chi connectivity index (χ3v) is 2.74. The average Bonchev–Trinajstić information content (AvgIpc) is 2.36. The third-order valence-electron chi connectivity index (χ3n) is 1.83. The van der Waals surface area contributed by atoms with Gasteiger partial charge in [0.25, 0.3) is 0 Å². The second-order valence-corrected chi connectivity index (χ2v) is 4.35. The van der Waals surface area contributed by atoms with E-state index in [1.165, 1.54) is 11.1 Å². The zero-order valence-electron chi connectivity index (χ0n) is 8.05. The molecule has 0 aliphatic carbocycles. The summed E-state index contributed by atoms with van der Waals surface area (Å²) in [5.74, 6) is 0.740. The summed E-state index contributed by atoms with van der Waals surface area (Å²) in [4.78, 5) is 0. The normalized spacial score (nSPS) is 11.0. The number of aryl methyl sites for hydroxylation is 1. The van der Waals surface area contributed by atoms with Crippen LogP contribution in [0.15, 0.2) is 10.8 Å². The summed E-state index contributed by atoms with van der Waals surface area (Å²) in [6.07, 6.45) is 0. The Hall–Kier alpha value is -0.340. The van der Waals surface area contributed by atoms with Gasteiger partial charge in [0.1, 0.15) is 0 Å². The molecule has 0 saturated carbocycles. The zero-order chi connectivity index (χ0) is 8.97. The van der Waals surface area contributed by atoms with E-state index < -0.39 is 0 Å². The van der Waals surface area contributed by atoms with Crippen molar-refractivity contribution in [1.29, 1.82) is 0 Å². The number of rotatable bonds is 4. The van der Waals surface area contributed by atoms with E-state index >= 15 is 0 Å². The molecule has 0 fully saturated rings. The lowest BCUT2D eigenvalue weighted by molar-refractivity contribution is 0.552. The van der Waals surface area contributed by atoms with E-state index in [0.717, 1.165) is 19.0 Å². The maximum Gasteiger partial charge on any atom is 0.0216 e. The molecule has 0 unspecified atom stereocenters. The van der Waals surface area contributed by atoms with E-state index in [2.05, 4.69) is 36.8 Å². The molecule has 0 spiro atoms. The first-order chi connectivity index (χ1) is 5.70. The smallest absolute Gasteiger partial charge is 0.0216 e. The molecule has 12 heavy (non-hydrogen) atoms. The van der Waals surface area contributed by atoms with Crippen LogP contribution in [0.2, 0.25) is 0 Å². The van der Waals surface area contributed by atoms with Crippen LogP contribution in [0, 0.1) is 12.8 Å². The van der Waals surface area contributed by atoms with Crippen molar-refractivity contribution in [3.8, 4) is 0 Å². The topological polar surface area (TPSA) is 12.0 Å². The standard InChI is InChI=1S/C10H17NS/c1-8(2)4-11-5-10-7-12-6-9(10)3/h6-8,11H,4-5H2,1-3H3.